The molecule has 2 heterocycles. The zero-order valence-corrected chi connectivity index (χ0v) is 19.5. The van der Waals surface area contributed by atoms with Crippen molar-refractivity contribution in [1.82, 2.24) is 9.29 Å². The van der Waals surface area contributed by atoms with Gasteiger partial charge >= 0.3 is 5.97 Å². The second-order valence-electron chi connectivity index (χ2n) is 7.19. The van der Waals surface area contributed by atoms with E-state index >= 15 is 0 Å². The lowest BCUT2D eigenvalue weighted by atomic mass is 10.2. The van der Waals surface area contributed by atoms with Crippen molar-refractivity contribution in [2.45, 2.75) is 31.0 Å². The van der Waals surface area contributed by atoms with Crippen molar-refractivity contribution in [3.63, 3.8) is 0 Å². The lowest BCUT2D eigenvalue weighted by molar-refractivity contribution is 0.0468. The van der Waals surface area contributed by atoms with Crippen molar-refractivity contribution in [2.24, 2.45) is 0 Å². The predicted molar refractivity (Wildman–Crippen MR) is 121 cm³/mol. The Morgan fingerprint density at radius 2 is 1.84 bits per heavy atom. The maximum absolute atomic E-state index is 12.7. The molecule has 3 aromatic rings. The predicted octanol–water partition coefficient (Wildman–Crippen LogP) is 4.52. The smallest absolute Gasteiger partial charge is 0.338 e. The van der Waals surface area contributed by atoms with Crippen molar-refractivity contribution in [3.05, 3.63) is 75.2 Å². The summed E-state index contributed by atoms with van der Waals surface area (Å²) in [5, 5.41) is 3.17. The van der Waals surface area contributed by atoms with Crippen LogP contribution < -0.4 is 4.74 Å². The summed E-state index contributed by atoms with van der Waals surface area (Å²) in [6.07, 6.45) is 1.70. The summed E-state index contributed by atoms with van der Waals surface area (Å²) in [4.78, 5) is 17.0. The molecule has 0 unspecified atom stereocenters. The Bertz CT molecular complexity index is 1190. The first-order valence-corrected chi connectivity index (χ1v) is 12.7. The van der Waals surface area contributed by atoms with E-state index < -0.39 is 16.0 Å². The third-order valence-corrected chi connectivity index (χ3v) is 7.92. The van der Waals surface area contributed by atoms with E-state index in [1.54, 1.807) is 35.7 Å². The Morgan fingerprint density at radius 1 is 1.09 bits per heavy atom. The fourth-order valence-corrected chi connectivity index (χ4v) is 5.62. The number of hydrogen-bond donors (Lipinski definition) is 0. The van der Waals surface area contributed by atoms with E-state index in [4.69, 9.17) is 21.1 Å². The number of nitrogens with zero attached hydrogens (tertiary/aromatic N) is 2. The molecule has 4 rings (SSSR count). The quantitative estimate of drug-likeness (QED) is 0.430. The molecule has 0 atom stereocenters. The molecule has 168 valence electrons. The molecule has 0 saturated carbocycles. The van der Waals surface area contributed by atoms with Gasteiger partial charge in [0.1, 0.15) is 24.0 Å². The number of benzene rings is 2. The zero-order chi connectivity index (χ0) is 22.6. The number of aromatic nitrogens is 1. The normalized spacial score (nSPS) is 14.4. The minimum atomic E-state index is -3.60. The maximum atomic E-state index is 12.7. The average molecular weight is 493 g/mol. The molecule has 0 bridgehead atoms. The van der Waals surface area contributed by atoms with Gasteiger partial charge in [-0.3, -0.25) is 0 Å². The van der Waals surface area contributed by atoms with Gasteiger partial charge in [-0.2, -0.15) is 4.31 Å². The van der Waals surface area contributed by atoms with Crippen LogP contribution in [0, 0.1) is 0 Å². The van der Waals surface area contributed by atoms with E-state index in [2.05, 4.69) is 4.98 Å². The van der Waals surface area contributed by atoms with Crippen LogP contribution >= 0.6 is 22.9 Å². The number of carbonyl (C=O) groups excluding carboxylic acids is 1. The Morgan fingerprint density at radius 3 is 2.59 bits per heavy atom. The molecule has 10 heteroatoms. The van der Waals surface area contributed by atoms with Crippen LogP contribution in [0.25, 0.3) is 0 Å². The first-order valence-electron chi connectivity index (χ1n) is 10.0. The molecule has 0 radical (unpaired) electrons. The largest absolute Gasteiger partial charge is 0.486 e. The number of rotatable bonds is 8. The molecule has 0 amide bonds. The van der Waals surface area contributed by atoms with E-state index in [9.17, 15) is 13.2 Å². The molecule has 1 aliphatic heterocycles. The molecular weight excluding hydrogens is 472 g/mol. The van der Waals surface area contributed by atoms with Crippen molar-refractivity contribution in [2.75, 3.05) is 13.1 Å². The number of carbonyl (C=O) groups is 1. The summed E-state index contributed by atoms with van der Waals surface area (Å²) in [7, 11) is -3.60. The SMILES string of the molecule is O=C(OCc1csc(COc2ccc(Cl)cc2)n1)c1cccc(S(=O)(=O)N2CCCC2)c1. The highest BCUT2D eigenvalue weighted by Crippen LogP contribution is 2.22. The molecule has 1 aliphatic rings. The van der Waals surface area contributed by atoms with E-state index in [-0.39, 0.29) is 23.7 Å². The van der Waals surface area contributed by atoms with Gasteiger partial charge in [-0.05, 0) is 55.3 Å². The fourth-order valence-electron chi connectivity index (χ4n) is 3.24. The average Bonchev–Trinajstić information content (AvgIpc) is 3.50. The highest BCUT2D eigenvalue weighted by atomic mass is 35.5. The van der Waals surface area contributed by atoms with Gasteiger partial charge in [-0.1, -0.05) is 17.7 Å². The summed E-state index contributed by atoms with van der Waals surface area (Å²) in [5.74, 6) is 0.0804. The summed E-state index contributed by atoms with van der Waals surface area (Å²) in [6.45, 7) is 1.28. The van der Waals surface area contributed by atoms with Gasteiger partial charge in [0.15, 0.2) is 0 Å². The number of sulfonamides is 1. The summed E-state index contributed by atoms with van der Waals surface area (Å²) < 4.78 is 37.9. The van der Waals surface area contributed by atoms with E-state index in [0.29, 0.717) is 29.6 Å². The Labute approximate surface area is 195 Å². The second-order valence-corrected chi connectivity index (χ2v) is 10.5. The minimum absolute atomic E-state index is 0.0145. The first-order chi connectivity index (χ1) is 15.4. The van der Waals surface area contributed by atoms with Crippen LogP contribution in [0.1, 0.15) is 33.9 Å². The Kier molecular flexibility index (Phi) is 7.10. The van der Waals surface area contributed by atoms with Gasteiger partial charge in [0.2, 0.25) is 10.0 Å². The molecule has 1 aromatic heterocycles. The summed E-state index contributed by atoms with van der Waals surface area (Å²) in [6, 6.07) is 13.0. The molecule has 0 aliphatic carbocycles. The number of ether oxygens (including phenoxy) is 2. The Balaban J connectivity index is 1.33. The van der Waals surface area contributed by atoms with Gasteiger partial charge in [0.05, 0.1) is 16.2 Å². The lowest BCUT2D eigenvalue weighted by Gasteiger charge is -2.15. The van der Waals surface area contributed by atoms with Crippen molar-refractivity contribution in [1.29, 1.82) is 0 Å². The summed E-state index contributed by atoms with van der Waals surface area (Å²) >= 11 is 7.26. The highest BCUT2D eigenvalue weighted by molar-refractivity contribution is 7.89. The zero-order valence-electron chi connectivity index (χ0n) is 17.1. The van der Waals surface area contributed by atoms with Crippen molar-refractivity contribution < 1.29 is 22.7 Å². The topological polar surface area (TPSA) is 85.8 Å². The van der Waals surface area contributed by atoms with Gasteiger partial charge in [-0.25, -0.2) is 18.2 Å². The molecule has 2 aromatic carbocycles. The molecular formula is C22H21ClN2O5S2. The van der Waals surface area contributed by atoms with Gasteiger partial charge < -0.3 is 9.47 Å². The van der Waals surface area contributed by atoms with Crippen molar-refractivity contribution >= 4 is 38.9 Å². The van der Waals surface area contributed by atoms with Crippen molar-refractivity contribution in [3.8, 4) is 5.75 Å². The third-order valence-electron chi connectivity index (χ3n) is 4.90. The van der Waals surface area contributed by atoms with Crippen LogP contribution in [-0.4, -0.2) is 36.8 Å². The molecule has 1 saturated heterocycles. The van der Waals surface area contributed by atoms with Gasteiger partial charge in [-0.15, -0.1) is 11.3 Å². The highest BCUT2D eigenvalue weighted by Gasteiger charge is 2.27. The molecule has 7 nitrogen and oxygen atoms in total. The molecule has 0 spiro atoms. The minimum Gasteiger partial charge on any atom is -0.486 e. The van der Waals surface area contributed by atoms with E-state index in [1.807, 2.05) is 0 Å². The molecule has 1 fully saturated rings. The first kappa shape index (κ1) is 22.7. The number of esters is 1. The molecule has 32 heavy (non-hydrogen) atoms. The fraction of sp³-hybridized carbons (Fsp3) is 0.273. The van der Waals surface area contributed by atoms with E-state index in [1.165, 1.54) is 33.8 Å². The van der Waals surface area contributed by atoms with E-state index in [0.717, 1.165) is 17.8 Å². The van der Waals surface area contributed by atoms with Crippen LogP contribution in [0.15, 0.2) is 58.8 Å². The standard InChI is InChI=1S/C22H21ClN2O5S2/c23-17-6-8-19(9-7-17)29-14-21-24-18(15-31-21)13-30-22(26)16-4-3-5-20(12-16)32(27,28)25-10-1-2-11-25/h3-9,12,15H,1-2,10-11,13-14H2. The summed E-state index contributed by atoms with van der Waals surface area (Å²) in [5.41, 5.74) is 0.783. The van der Waals surface area contributed by atoms with Gasteiger partial charge in [0.25, 0.3) is 0 Å². The lowest BCUT2D eigenvalue weighted by Crippen LogP contribution is -2.28. The van der Waals surface area contributed by atoms with Crippen LogP contribution in [0.2, 0.25) is 5.02 Å². The third kappa shape index (κ3) is 5.47. The van der Waals surface area contributed by atoms with Crippen LogP contribution in [0.4, 0.5) is 0 Å². The Hall–Kier alpha value is -2.46. The molecule has 0 N–H and O–H groups in total. The number of hydrogen-bond acceptors (Lipinski definition) is 7. The second kappa shape index (κ2) is 9.99. The maximum Gasteiger partial charge on any atom is 0.338 e. The van der Waals surface area contributed by atoms with Crippen LogP contribution in [0.3, 0.4) is 0 Å². The van der Waals surface area contributed by atoms with Crippen LogP contribution in [0.5, 0.6) is 5.75 Å². The monoisotopic (exact) mass is 492 g/mol. The number of thiazole rings is 1. The van der Waals surface area contributed by atoms with Crippen LogP contribution in [-0.2, 0) is 28.0 Å². The number of halogens is 1. The van der Waals surface area contributed by atoms with Gasteiger partial charge in [0, 0.05) is 23.5 Å².